The second kappa shape index (κ2) is 10.1. The van der Waals surface area contributed by atoms with Crippen LogP contribution in [0.4, 0.5) is 0 Å². The van der Waals surface area contributed by atoms with E-state index in [1.54, 1.807) is 23.2 Å². The fraction of sp³-hybridized carbons (Fsp3) is 0.0526. The van der Waals surface area contributed by atoms with Crippen LogP contribution in [0.25, 0.3) is 77.9 Å². The van der Waals surface area contributed by atoms with E-state index in [0.29, 0.717) is 17.5 Å². The van der Waals surface area contributed by atoms with E-state index in [1.165, 1.54) is 5.39 Å². The third kappa shape index (κ3) is 4.19. The quantitative estimate of drug-likeness (QED) is 0.201. The molecular formula is C38H27N5O. The maximum Gasteiger partial charge on any atom is 0.328 e. The number of benzene rings is 6. The Kier molecular flexibility index (Phi) is 5.94. The molecule has 0 aliphatic heterocycles. The minimum absolute atomic E-state index is 0.0433. The van der Waals surface area contributed by atoms with Crippen molar-refractivity contribution in [1.82, 2.24) is 24.1 Å². The number of hydrogen-bond donors (Lipinski definition) is 0. The molecule has 2 heterocycles. The number of fused-ring (bicyclic) bond motifs is 4. The molecule has 0 N–H and O–H groups in total. The molecule has 6 heteroatoms. The Morgan fingerprint density at radius 1 is 0.455 bits per heavy atom. The monoisotopic (exact) mass is 569 g/mol. The molecule has 0 radical (unpaired) electrons. The van der Waals surface area contributed by atoms with Gasteiger partial charge in [-0.2, -0.15) is 0 Å². The van der Waals surface area contributed by atoms with Gasteiger partial charge in [0.1, 0.15) is 0 Å². The van der Waals surface area contributed by atoms with Crippen LogP contribution in [0.15, 0.2) is 132 Å². The van der Waals surface area contributed by atoms with Gasteiger partial charge in [-0.1, -0.05) is 103 Å². The van der Waals surface area contributed by atoms with E-state index in [-0.39, 0.29) is 5.69 Å². The molecule has 8 aromatic rings. The smallest absolute Gasteiger partial charge is 0.295 e. The van der Waals surface area contributed by atoms with Gasteiger partial charge >= 0.3 is 5.69 Å². The number of hydrogen-bond acceptors (Lipinski definition) is 4. The molecule has 0 aliphatic carbocycles. The van der Waals surface area contributed by atoms with Crippen LogP contribution in [0.1, 0.15) is 0 Å². The third-order valence-corrected chi connectivity index (χ3v) is 8.40. The van der Waals surface area contributed by atoms with Gasteiger partial charge in [0.15, 0.2) is 17.5 Å². The average molecular weight is 570 g/mol. The summed E-state index contributed by atoms with van der Waals surface area (Å²) in [6.45, 7) is 0. The van der Waals surface area contributed by atoms with E-state index in [2.05, 4.69) is 78.9 Å². The highest BCUT2D eigenvalue weighted by Gasteiger charge is 2.16. The molecule has 0 aliphatic rings. The molecule has 0 unspecified atom stereocenters. The number of aromatic nitrogens is 5. The van der Waals surface area contributed by atoms with Gasteiger partial charge in [-0.25, -0.2) is 19.7 Å². The largest absolute Gasteiger partial charge is 0.328 e. The summed E-state index contributed by atoms with van der Waals surface area (Å²) >= 11 is 0. The first kappa shape index (κ1) is 25.8. The van der Waals surface area contributed by atoms with E-state index in [4.69, 9.17) is 15.0 Å². The minimum atomic E-state index is -0.0433. The van der Waals surface area contributed by atoms with E-state index in [1.807, 2.05) is 48.5 Å². The van der Waals surface area contributed by atoms with Crippen LogP contribution in [-0.4, -0.2) is 24.1 Å². The van der Waals surface area contributed by atoms with Crippen LogP contribution < -0.4 is 5.69 Å². The van der Waals surface area contributed by atoms with Gasteiger partial charge in [-0.15, -0.1) is 0 Å². The summed E-state index contributed by atoms with van der Waals surface area (Å²) in [5.74, 6) is 1.84. The van der Waals surface area contributed by atoms with Crippen LogP contribution in [0, 0.1) is 0 Å². The Hall–Kier alpha value is -5.88. The predicted octanol–water partition coefficient (Wildman–Crippen LogP) is 8.04. The zero-order chi connectivity index (χ0) is 29.8. The van der Waals surface area contributed by atoms with Crippen molar-refractivity contribution in [2.75, 3.05) is 0 Å². The standard InChI is InChI=1S/C38H27N5O/c1-42-33-20-19-26(23-34(33)43(2)38(42)44)25-14-10-15-28(21-25)36-39-35(24-11-4-3-5-12-24)40-37(41-36)32-22-27-13-6-7-16-29(27)30-17-8-9-18-31(30)32/h3-23H,1-2H3. The Morgan fingerprint density at radius 2 is 1.05 bits per heavy atom. The molecule has 210 valence electrons. The molecule has 6 nitrogen and oxygen atoms in total. The highest BCUT2D eigenvalue weighted by Crippen LogP contribution is 2.35. The summed E-state index contributed by atoms with van der Waals surface area (Å²) in [6.07, 6.45) is 0. The molecule has 0 atom stereocenters. The molecule has 0 amide bonds. The highest BCUT2D eigenvalue weighted by atomic mass is 16.1. The highest BCUT2D eigenvalue weighted by molar-refractivity contribution is 6.13. The molecule has 0 saturated carbocycles. The van der Waals surface area contributed by atoms with Gasteiger partial charge < -0.3 is 0 Å². The first-order valence-corrected chi connectivity index (χ1v) is 14.5. The molecule has 8 rings (SSSR count). The van der Waals surface area contributed by atoms with Crippen LogP contribution in [0.3, 0.4) is 0 Å². The van der Waals surface area contributed by atoms with Crippen LogP contribution in [0.5, 0.6) is 0 Å². The second-order valence-electron chi connectivity index (χ2n) is 11.0. The summed E-state index contributed by atoms with van der Waals surface area (Å²) in [5.41, 5.74) is 6.54. The van der Waals surface area contributed by atoms with Crippen molar-refractivity contribution in [2.24, 2.45) is 14.1 Å². The molecule has 0 spiro atoms. The van der Waals surface area contributed by atoms with E-state index in [9.17, 15) is 4.79 Å². The zero-order valence-electron chi connectivity index (χ0n) is 24.3. The molecule has 0 fully saturated rings. The number of aryl methyl sites for hydroxylation is 2. The van der Waals surface area contributed by atoms with Gasteiger partial charge in [0.25, 0.3) is 0 Å². The lowest BCUT2D eigenvalue weighted by molar-refractivity contribution is 0.795. The number of imidazole rings is 1. The number of nitrogens with zero attached hydrogens (tertiary/aromatic N) is 5. The van der Waals surface area contributed by atoms with E-state index >= 15 is 0 Å². The van der Waals surface area contributed by atoms with Crippen molar-refractivity contribution in [3.05, 3.63) is 138 Å². The van der Waals surface area contributed by atoms with Crippen molar-refractivity contribution in [3.63, 3.8) is 0 Å². The summed E-state index contributed by atoms with van der Waals surface area (Å²) < 4.78 is 3.35. The van der Waals surface area contributed by atoms with Crippen molar-refractivity contribution in [3.8, 4) is 45.3 Å². The second-order valence-corrected chi connectivity index (χ2v) is 11.0. The van der Waals surface area contributed by atoms with Crippen LogP contribution in [0.2, 0.25) is 0 Å². The molecule has 44 heavy (non-hydrogen) atoms. The lowest BCUT2D eigenvalue weighted by atomic mass is 9.97. The predicted molar refractivity (Wildman–Crippen MR) is 178 cm³/mol. The Morgan fingerprint density at radius 3 is 1.86 bits per heavy atom. The van der Waals surface area contributed by atoms with Gasteiger partial charge in [-0.05, 0) is 56.9 Å². The summed E-state index contributed by atoms with van der Waals surface area (Å²) in [5, 5.41) is 4.59. The fourth-order valence-corrected chi connectivity index (χ4v) is 6.11. The normalized spacial score (nSPS) is 11.5. The molecule has 0 saturated heterocycles. The minimum Gasteiger partial charge on any atom is -0.295 e. The summed E-state index contributed by atoms with van der Waals surface area (Å²) in [7, 11) is 3.60. The van der Waals surface area contributed by atoms with Crippen molar-refractivity contribution in [1.29, 1.82) is 0 Å². The summed E-state index contributed by atoms with van der Waals surface area (Å²) in [6, 6.07) is 43.4. The first-order valence-electron chi connectivity index (χ1n) is 14.5. The third-order valence-electron chi connectivity index (χ3n) is 8.40. The lowest BCUT2D eigenvalue weighted by Crippen LogP contribution is -2.19. The van der Waals surface area contributed by atoms with E-state index < -0.39 is 0 Å². The Labute approximate surface area is 253 Å². The first-order chi connectivity index (χ1) is 21.5. The number of rotatable bonds is 4. The van der Waals surface area contributed by atoms with Crippen molar-refractivity contribution < 1.29 is 0 Å². The topological polar surface area (TPSA) is 65.6 Å². The molecular weight excluding hydrogens is 542 g/mol. The van der Waals surface area contributed by atoms with Gasteiger partial charge in [0.2, 0.25) is 0 Å². The Balaban J connectivity index is 1.33. The van der Waals surface area contributed by atoms with Gasteiger partial charge in [0, 0.05) is 30.8 Å². The van der Waals surface area contributed by atoms with E-state index in [0.717, 1.165) is 55.0 Å². The Bertz CT molecular complexity index is 2440. The van der Waals surface area contributed by atoms with Crippen molar-refractivity contribution in [2.45, 2.75) is 0 Å². The average Bonchev–Trinajstić information content (AvgIpc) is 3.31. The van der Waals surface area contributed by atoms with Gasteiger partial charge in [0.05, 0.1) is 11.0 Å². The van der Waals surface area contributed by atoms with Crippen LogP contribution >= 0.6 is 0 Å². The molecule has 6 aromatic carbocycles. The summed E-state index contributed by atoms with van der Waals surface area (Å²) in [4.78, 5) is 27.6. The molecule has 0 bridgehead atoms. The molecule has 2 aromatic heterocycles. The zero-order valence-corrected chi connectivity index (χ0v) is 24.3. The van der Waals surface area contributed by atoms with Crippen LogP contribution in [-0.2, 0) is 14.1 Å². The maximum absolute atomic E-state index is 12.5. The lowest BCUT2D eigenvalue weighted by Gasteiger charge is -2.13. The SMILES string of the molecule is Cn1c(=O)n(C)c2cc(-c3cccc(-c4nc(-c5ccccc5)nc(-c5cc6ccccc6c6ccccc56)n4)c3)ccc21. The van der Waals surface area contributed by atoms with Crippen molar-refractivity contribution >= 4 is 32.6 Å². The van der Waals surface area contributed by atoms with Gasteiger partial charge in [-0.3, -0.25) is 9.13 Å². The maximum atomic E-state index is 12.5. The fourth-order valence-electron chi connectivity index (χ4n) is 6.11.